The largest absolute Gasteiger partial charge is 0.478 e. The Labute approximate surface area is 123 Å². The van der Waals surface area contributed by atoms with Gasteiger partial charge >= 0.3 is 5.97 Å². The van der Waals surface area contributed by atoms with Gasteiger partial charge in [-0.3, -0.25) is 4.79 Å². The monoisotopic (exact) mass is 306 g/mol. The van der Waals surface area contributed by atoms with Gasteiger partial charge in [0.05, 0.1) is 11.8 Å². The third-order valence-corrected chi connectivity index (χ3v) is 4.53. The van der Waals surface area contributed by atoms with E-state index in [0.717, 1.165) is 42.0 Å². The molecule has 2 aromatic heterocycles. The highest BCUT2D eigenvalue weighted by Crippen LogP contribution is 2.39. The molecule has 0 aromatic carbocycles. The van der Waals surface area contributed by atoms with Gasteiger partial charge in [-0.1, -0.05) is 0 Å². The number of aromatic carboxylic acids is 1. The number of pyridine rings is 1. The fourth-order valence-electron chi connectivity index (χ4n) is 2.40. The summed E-state index contributed by atoms with van der Waals surface area (Å²) in [6.45, 7) is 0. The number of carbonyl (C=O) groups is 2. The zero-order valence-corrected chi connectivity index (χ0v) is 11.7. The maximum Gasteiger partial charge on any atom is 0.339 e. The first-order chi connectivity index (χ1) is 10.1. The second kappa shape index (κ2) is 5.25. The lowest BCUT2D eigenvalue weighted by atomic mass is 10.1. The molecule has 21 heavy (non-hydrogen) atoms. The highest BCUT2D eigenvalue weighted by Gasteiger charge is 2.27. The molecule has 2 aromatic rings. The quantitative estimate of drug-likeness (QED) is 0.914. The minimum absolute atomic E-state index is 0.0429. The van der Waals surface area contributed by atoms with Crippen LogP contribution in [0.4, 0.5) is 9.39 Å². The van der Waals surface area contributed by atoms with E-state index in [1.807, 2.05) is 0 Å². The van der Waals surface area contributed by atoms with Crippen molar-refractivity contribution >= 4 is 28.2 Å². The molecule has 1 amide bonds. The lowest BCUT2D eigenvalue weighted by molar-refractivity contribution is 0.0697. The Morgan fingerprint density at radius 2 is 2.14 bits per heavy atom. The number of anilines is 1. The van der Waals surface area contributed by atoms with E-state index in [-0.39, 0.29) is 11.3 Å². The number of hydrogen-bond donors (Lipinski definition) is 2. The Hall–Kier alpha value is -2.28. The molecule has 7 heteroatoms. The van der Waals surface area contributed by atoms with Gasteiger partial charge in [0, 0.05) is 4.88 Å². The van der Waals surface area contributed by atoms with Crippen molar-refractivity contribution < 1.29 is 19.1 Å². The Balaban J connectivity index is 1.90. The van der Waals surface area contributed by atoms with Crippen LogP contribution in [-0.4, -0.2) is 22.0 Å². The topological polar surface area (TPSA) is 79.3 Å². The third kappa shape index (κ3) is 2.52. The van der Waals surface area contributed by atoms with E-state index in [0.29, 0.717) is 5.00 Å². The van der Waals surface area contributed by atoms with Crippen LogP contribution < -0.4 is 5.32 Å². The van der Waals surface area contributed by atoms with Gasteiger partial charge in [-0.2, -0.15) is 0 Å². The standard InChI is InChI=1S/C14H11FN2O3S/c15-7-4-5-9(16-6-7)12(18)17-13-11(14(19)20)8-2-1-3-10(8)21-13/h4-6H,1-3H2,(H,17,18)(H,19,20). The SMILES string of the molecule is O=C(Nc1sc2c(c1C(=O)O)CCC2)c1ccc(F)cn1. The van der Waals surface area contributed by atoms with Gasteiger partial charge in [0.25, 0.3) is 5.91 Å². The molecule has 3 rings (SSSR count). The van der Waals surface area contributed by atoms with Crippen LogP contribution in [-0.2, 0) is 12.8 Å². The summed E-state index contributed by atoms with van der Waals surface area (Å²) >= 11 is 1.29. The number of carboxylic acids is 1. The van der Waals surface area contributed by atoms with Crippen LogP contribution in [0.1, 0.15) is 37.7 Å². The molecule has 108 valence electrons. The molecule has 2 N–H and O–H groups in total. The van der Waals surface area contributed by atoms with Gasteiger partial charge in [-0.05, 0) is 37.0 Å². The van der Waals surface area contributed by atoms with Crippen LogP contribution in [0.5, 0.6) is 0 Å². The molecule has 2 heterocycles. The zero-order chi connectivity index (χ0) is 15.0. The molecule has 1 aliphatic carbocycles. The highest BCUT2D eigenvalue weighted by molar-refractivity contribution is 7.17. The van der Waals surface area contributed by atoms with Crippen LogP contribution in [0.15, 0.2) is 18.3 Å². The number of hydrogen-bond acceptors (Lipinski definition) is 4. The summed E-state index contributed by atoms with van der Waals surface area (Å²) < 4.78 is 12.8. The summed E-state index contributed by atoms with van der Waals surface area (Å²) in [5, 5.41) is 12.2. The van der Waals surface area contributed by atoms with Crippen molar-refractivity contribution in [3.05, 3.63) is 45.8 Å². The number of rotatable bonds is 3. The number of fused-ring (bicyclic) bond motifs is 1. The van der Waals surface area contributed by atoms with E-state index < -0.39 is 17.7 Å². The van der Waals surface area contributed by atoms with Crippen molar-refractivity contribution in [1.82, 2.24) is 4.98 Å². The molecule has 0 saturated carbocycles. The fourth-order valence-corrected chi connectivity index (χ4v) is 3.67. The first kappa shape index (κ1) is 13.7. The minimum Gasteiger partial charge on any atom is -0.478 e. The van der Waals surface area contributed by atoms with Crippen LogP contribution >= 0.6 is 11.3 Å². The maximum atomic E-state index is 12.8. The molecular formula is C14H11FN2O3S. The van der Waals surface area contributed by atoms with Crippen LogP contribution in [0.2, 0.25) is 0 Å². The van der Waals surface area contributed by atoms with Crippen molar-refractivity contribution in [2.75, 3.05) is 5.32 Å². The zero-order valence-electron chi connectivity index (χ0n) is 10.9. The molecule has 0 aliphatic heterocycles. The highest BCUT2D eigenvalue weighted by atomic mass is 32.1. The molecule has 0 spiro atoms. The van der Waals surface area contributed by atoms with Gasteiger partial charge in [0.1, 0.15) is 16.5 Å². The van der Waals surface area contributed by atoms with Crippen molar-refractivity contribution in [3.63, 3.8) is 0 Å². The van der Waals surface area contributed by atoms with Crippen LogP contribution in [0.3, 0.4) is 0 Å². The smallest absolute Gasteiger partial charge is 0.339 e. The minimum atomic E-state index is -1.04. The summed E-state index contributed by atoms with van der Waals surface area (Å²) in [5.74, 6) is -2.12. The normalized spacial score (nSPS) is 13.0. The van der Waals surface area contributed by atoms with Gasteiger partial charge < -0.3 is 10.4 Å². The van der Waals surface area contributed by atoms with E-state index in [2.05, 4.69) is 10.3 Å². The second-order valence-electron chi connectivity index (χ2n) is 4.68. The molecule has 0 fully saturated rings. The first-order valence-electron chi connectivity index (χ1n) is 6.37. The van der Waals surface area contributed by atoms with Crippen LogP contribution in [0.25, 0.3) is 0 Å². The van der Waals surface area contributed by atoms with Crippen LogP contribution in [0, 0.1) is 5.82 Å². The second-order valence-corrected chi connectivity index (χ2v) is 5.79. The number of aromatic nitrogens is 1. The van der Waals surface area contributed by atoms with E-state index in [9.17, 15) is 19.1 Å². The molecule has 0 unspecified atom stereocenters. The predicted molar refractivity (Wildman–Crippen MR) is 75.5 cm³/mol. The van der Waals surface area contributed by atoms with Crippen molar-refractivity contribution in [1.29, 1.82) is 0 Å². The van der Waals surface area contributed by atoms with Gasteiger partial charge in [-0.25, -0.2) is 14.2 Å². The van der Waals surface area contributed by atoms with Crippen molar-refractivity contribution in [2.24, 2.45) is 0 Å². The fraction of sp³-hybridized carbons (Fsp3) is 0.214. The number of thiophene rings is 1. The van der Waals surface area contributed by atoms with Crippen molar-refractivity contribution in [3.8, 4) is 0 Å². The van der Waals surface area contributed by atoms with E-state index in [1.165, 1.54) is 17.4 Å². The predicted octanol–water partition coefficient (Wildman–Crippen LogP) is 2.72. The Bertz CT molecular complexity index is 725. The van der Waals surface area contributed by atoms with Crippen molar-refractivity contribution in [2.45, 2.75) is 19.3 Å². The summed E-state index contributed by atoms with van der Waals surface area (Å²) in [6.07, 6.45) is 3.44. The lowest BCUT2D eigenvalue weighted by Crippen LogP contribution is -2.15. The van der Waals surface area contributed by atoms with E-state index >= 15 is 0 Å². The summed E-state index contributed by atoms with van der Waals surface area (Å²) in [7, 11) is 0. The Morgan fingerprint density at radius 3 is 2.81 bits per heavy atom. The average molecular weight is 306 g/mol. The van der Waals surface area contributed by atoms with E-state index in [1.54, 1.807) is 0 Å². The molecule has 5 nitrogen and oxygen atoms in total. The number of aryl methyl sites for hydroxylation is 1. The number of nitrogens with zero attached hydrogens (tertiary/aromatic N) is 1. The lowest BCUT2D eigenvalue weighted by Gasteiger charge is -2.04. The third-order valence-electron chi connectivity index (χ3n) is 3.32. The molecule has 0 atom stereocenters. The summed E-state index contributed by atoms with van der Waals surface area (Å²) in [4.78, 5) is 28.1. The molecular weight excluding hydrogens is 295 g/mol. The van der Waals surface area contributed by atoms with Gasteiger partial charge in [-0.15, -0.1) is 11.3 Å². The number of amides is 1. The molecule has 0 bridgehead atoms. The first-order valence-corrected chi connectivity index (χ1v) is 7.18. The number of carboxylic acid groups (broad SMARTS) is 1. The molecule has 0 saturated heterocycles. The van der Waals surface area contributed by atoms with Gasteiger partial charge in [0.15, 0.2) is 0 Å². The summed E-state index contributed by atoms with van der Waals surface area (Å²) in [6, 6.07) is 2.39. The maximum absolute atomic E-state index is 12.8. The number of nitrogens with one attached hydrogen (secondary N) is 1. The molecule has 1 aliphatic rings. The van der Waals surface area contributed by atoms with Gasteiger partial charge in [0.2, 0.25) is 0 Å². The van der Waals surface area contributed by atoms with E-state index in [4.69, 9.17) is 0 Å². The Kier molecular flexibility index (Phi) is 3.42. The average Bonchev–Trinajstić information content (AvgIpc) is 2.98. The number of carbonyl (C=O) groups excluding carboxylic acids is 1. The molecule has 0 radical (unpaired) electrons. The number of halogens is 1. The summed E-state index contributed by atoms with van der Waals surface area (Å²) in [5.41, 5.74) is 1.03. The Morgan fingerprint density at radius 1 is 1.33 bits per heavy atom.